The third-order valence-corrected chi connectivity index (χ3v) is 2.25. The lowest BCUT2D eigenvalue weighted by atomic mass is 10.1. The quantitative estimate of drug-likeness (QED) is 0.763. The van der Waals surface area contributed by atoms with E-state index in [0.717, 1.165) is 5.56 Å². The van der Waals surface area contributed by atoms with Crippen LogP contribution in [0.2, 0.25) is 0 Å². The lowest BCUT2D eigenvalue weighted by Crippen LogP contribution is -2.28. The van der Waals surface area contributed by atoms with E-state index in [1.807, 2.05) is 37.3 Å². The van der Waals surface area contributed by atoms with Gasteiger partial charge in [0.2, 0.25) is 5.90 Å². The molecule has 1 aromatic carbocycles. The molecule has 0 aliphatic carbocycles. The van der Waals surface area contributed by atoms with Gasteiger partial charge in [0.25, 0.3) is 0 Å². The first-order chi connectivity index (χ1) is 6.73. The molecule has 0 spiro atoms. The van der Waals surface area contributed by atoms with Gasteiger partial charge in [0, 0.05) is 5.56 Å². The third-order valence-electron chi connectivity index (χ3n) is 2.25. The summed E-state index contributed by atoms with van der Waals surface area (Å²) in [5, 5.41) is 9.10. The number of aliphatic hydroxyl groups excluding tert-OH is 1. The second kappa shape index (κ2) is 3.42. The highest BCUT2D eigenvalue weighted by Gasteiger charge is 2.31. The molecule has 14 heavy (non-hydrogen) atoms. The molecule has 0 amide bonds. The molecule has 0 saturated carbocycles. The van der Waals surface area contributed by atoms with Gasteiger partial charge in [0.1, 0.15) is 12.1 Å². The minimum atomic E-state index is -0.467. The van der Waals surface area contributed by atoms with Gasteiger partial charge in [-0.05, 0) is 19.1 Å². The van der Waals surface area contributed by atoms with E-state index in [1.54, 1.807) is 0 Å². The van der Waals surface area contributed by atoms with Crippen LogP contribution in [0.3, 0.4) is 0 Å². The summed E-state index contributed by atoms with van der Waals surface area (Å²) in [6.07, 6.45) is 0. The third kappa shape index (κ3) is 1.63. The molecule has 1 N–H and O–H groups in total. The normalized spacial score (nSPS) is 25.7. The summed E-state index contributed by atoms with van der Waals surface area (Å²) >= 11 is 0. The van der Waals surface area contributed by atoms with Crippen molar-refractivity contribution in [3.63, 3.8) is 0 Å². The Morgan fingerprint density at radius 3 is 2.71 bits per heavy atom. The van der Waals surface area contributed by atoms with Gasteiger partial charge in [-0.25, -0.2) is 4.99 Å². The Morgan fingerprint density at radius 2 is 2.14 bits per heavy atom. The minimum absolute atomic E-state index is 0.0172. The van der Waals surface area contributed by atoms with Gasteiger partial charge in [0.05, 0.1) is 6.61 Å². The van der Waals surface area contributed by atoms with E-state index < -0.39 is 5.54 Å². The smallest absolute Gasteiger partial charge is 0.216 e. The van der Waals surface area contributed by atoms with E-state index in [-0.39, 0.29) is 6.61 Å². The summed E-state index contributed by atoms with van der Waals surface area (Å²) in [5.41, 5.74) is 0.496. The van der Waals surface area contributed by atoms with Crippen molar-refractivity contribution in [1.82, 2.24) is 0 Å². The molecule has 1 aromatic rings. The zero-order valence-electron chi connectivity index (χ0n) is 8.10. The Bertz CT molecular complexity index is 348. The van der Waals surface area contributed by atoms with Crippen LogP contribution < -0.4 is 0 Å². The summed E-state index contributed by atoms with van der Waals surface area (Å²) in [4.78, 5) is 4.35. The van der Waals surface area contributed by atoms with Crippen LogP contribution >= 0.6 is 0 Å². The molecule has 1 atom stereocenters. The summed E-state index contributed by atoms with van der Waals surface area (Å²) in [6.45, 7) is 2.35. The van der Waals surface area contributed by atoms with Crippen molar-refractivity contribution in [3.05, 3.63) is 35.9 Å². The van der Waals surface area contributed by atoms with Crippen molar-refractivity contribution in [3.8, 4) is 0 Å². The van der Waals surface area contributed by atoms with Gasteiger partial charge in [-0.15, -0.1) is 0 Å². The maximum Gasteiger partial charge on any atom is 0.216 e. The van der Waals surface area contributed by atoms with E-state index in [2.05, 4.69) is 4.99 Å². The van der Waals surface area contributed by atoms with Crippen molar-refractivity contribution < 1.29 is 9.84 Å². The first-order valence-corrected chi connectivity index (χ1v) is 4.62. The Balaban J connectivity index is 2.27. The summed E-state index contributed by atoms with van der Waals surface area (Å²) in [7, 11) is 0. The van der Waals surface area contributed by atoms with Gasteiger partial charge in [-0.2, -0.15) is 0 Å². The molecule has 1 aliphatic heterocycles. The number of rotatable bonds is 2. The molecule has 2 rings (SSSR count). The zero-order chi connectivity index (χ0) is 10.0. The first-order valence-electron chi connectivity index (χ1n) is 4.62. The average molecular weight is 191 g/mol. The Morgan fingerprint density at radius 1 is 1.43 bits per heavy atom. The predicted octanol–water partition coefficient (Wildman–Crippen LogP) is 1.21. The van der Waals surface area contributed by atoms with Crippen molar-refractivity contribution in [2.75, 3.05) is 13.2 Å². The van der Waals surface area contributed by atoms with Crippen LogP contribution in [0.1, 0.15) is 12.5 Å². The molecule has 3 heteroatoms. The van der Waals surface area contributed by atoms with E-state index in [1.165, 1.54) is 0 Å². The SMILES string of the molecule is C[C@]1(CO)COC(c2ccccc2)=N1. The van der Waals surface area contributed by atoms with Crippen LogP contribution in [0.25, 0.3) is 0 Å². The van der Waals surface area contributed by atoms with Crippen LogP contribution in [0.4, 0.5) is 0 Å². The lowest BCUT2D eigenvalue weighted by Gasteiger charge is -2.12. The van der Waals surface area contributed by atoms with Crippen molar-refractivity contribution in [1.29, 1.82) is 0 Å². The highest BCUT2D eigenvalue weighted by atomic mass is 16.5. The van der Waals surface area contributed by atoms with Crippen LogP contribution in [0, 0.1) is 0 Å². The number of aliphatic hydroxyl groups is 1. The number of hydrogen-bond acceptors (Lipinski definition) is 3. The van der Waals surface area contributed by atoms with Gasteiger partial charge in [0.15, 0.2) is 0 Å². The Labute approximate surface area is 83.1 Å². The monoisotopic (exact) mass is 191 g/mol. The summed E-state index contributed by atoms with van der Waals surface area (Å²) < 4.78 is 5.44. The molecule has 0 saturated heterocycles. The second-order valence-electron chi connectivity index (χ2n) is 3.73. The lowest BCUT2D eigenvalue weighted by molar-refractivity contribution is 0.170. The molecule has 74 valence electrons. The number of ether oxygens (including phenoxy) is 1. The highest BCUT2D eigenvalue weighted by molar-refractivity contribution is 5.95. The van der Waals surface area contributed by atoms with Crippen molar-refractivity contribution in [2.45, 2.75) is 12.5 Å². The predicted molar refractivity (Wildman–Crippen MR) is 54.4 cm³/mol. The largest absolute Gasteiger partial charge is 0.475 e. The van der Waals surface area contributed by atoms with Gasteiger partial charge < -0.3 is 9.84 Å². The number of aliphatic imine (C=N–C) groups is 1. The van der Waals surface area contributed by atoms with Crippen molar-refractivity contribution in [2.24, 2.45) is 4.99 Å². The fraction of sp³-hybridized carbons (Fsp3) is 0.364. The molecule has 0 bridgehead atoms. The Kier molecular flexibility index (Phi) is 2.25. The van der Waals surface area contributed by atoms with E-state index >= 15 is 0 Å². The zero-order valence-corrected chi connectivity index (χ0v) is 8.10. The van der Waals surface area contributed by atoms with Gasteiger partial charge in [-0.3, -0.25) is 0 Å². The molecule has 1 heterocycles. The van der Waals surface area contributed by atoms with Crippen LogP contribution in [0.15, 0.2) is 35.3 Å². The van der Waals surface area contributed by atoms with Crippen molar-refractivity contribution >= 4 is 5.90 Å². The topological polar surface area (TPSA) is 41.8 Å². The number of benzene rings is 1. The van der Waals surface area contributed by atoms with Gasteiger partial charge in [-0.1, -0.05) is 18.2 Å². The fourth-order valence-corrected chi connectivity index (χ4v) is 1.34. The second-order valence-corrected chi connectivity index (χ2v) is 3.73. The molecular formula is C11H13NO2. The summed E-state index contributed by atoms with van der Waals surface area (Å²) in [6, 6.07) is 9.72. The maximum absolute atomic E-state index is 9.10. The van der Waals surface area contributed by atoms with Crippen LogP contribution in [-0.2, 0) is 4.74 Å². The molecule has 0 aromatic heterocycles. The molecule has 0 fully saturated rings. The number of hydrogen-bond donors (Lipinski definition) is 1. The number of nitrogens with zero attached hydrogens (tertiary/aromatic N) is 1. The van der Waals surface area contributed by atoms with E-state index in [4.69, 9.17) is 9.84 Å². The van der Waals surface area contributed by atoms with Crippen LogP contribution in [0.5, 0.6) is 0 Å². The molecular weight excluding hydrogens is 178 g/mol. The van der Waals surface area contributed by atoms with E-state index in [9.17, 15) is 0 Å². The highest BCUT2D eigenvalue weighted by Crippen LogP contribution is 2.20. The van der Waals surface area contributed by atoms with Crippen LogP contribution in [-0.4, -0.2) is 29.8 Å². The molecule has 0 unspecified atom stereocenters. The van der Waals surface area contributed by atoms with Gasteiger partial charge >= 0.3 is 0 Å². The molecule has 1 aliphatic rings. The van der Waals surface area contributed by atoms with E-state index in [0.29, 0.717) is 12.5 Å². The average Bonchev–Trinajstić information content (AvgIpc) is 2.63. The minimum Gasteiger partial charge on any atom is -0.475 e. The maximum atomic E-state index is 9.10. The first kappa shape index (κ1) is 9.21. The Hall–Kier alpha value is -1.35. The molecule has 0 radical (unpaired) electrons. The molecule has 3 nitrogen and oxygen atoms in total. The standard InChI is InChI=1S/C11H13NO2/c1-11(7-13)8-14-10(12-11)9-5-3-2-4-6-9/h2-6,13H,7-8H2,1H3/t11-/m0/s1. The summed E-state index contributed by atoms with van der Waals surface area (Å²) in [5.74, 6) is 0.627. The fourth-order valence-electron chi connectivity index (χ4n) is 1.34.